The van der Waals surface area contributed by atoms with Gasteiger partial charge in [0.2, 0.25) is 0 Å². The molecule has 0 fully saturated rings. The zero-order valence-corrected chi connectivity index (χ0v) is 16.2. The van der Waals surface area contributed by atoms with Gasteiger partial charge in [-0.15, -0.1) is 0 Å². The number of fused-ring (bicyclic) bond motifs is 1. The molecule has 4 nitrogen and oxygen atoms in total. The van der Waals surface area contributed by atoms with Crippen LogP contribution in [0.15, 0.2) is 46.9 Å². The molecule has 0 bridgehead atoms. The van der Waals surface area contributed by atoms with Crippen LogP contribution in [0.2, 0.25) is 0 Å². The third kappa shape index (κ3) is 4.22. The molecule has 0 saturated heterocycles. The second-order valence-corrected chi connectivity index (χ2v) is 7.37. The first-order valence-electron chi connectivity index (χ1n) is 8.51. The van der Waals surface area contributed by atoms with E-state index < -0.39 is 0 Å². The van der Waals surface area contributed by atoms with Crippen LogP contribution in [0, 0.1) is 0 Å². The molecule has 3 rings (SSSR count). The van der Waals surface area contributed by atoms with Crippen molar-refractivity contribution in [2.45, 2.75) is 18.9 Å². The number of benzene rings is 2. The first-order valence-corrected chi connectivity index (χ1v) is 9.30. The van der Waals surface area contributed by atoms with Crippen LogP contribution in [0.25, 0.3) is 0 Å². The lowest BCUT2D eigenvalue weighted by Crippen LogP contribution is -2.28. The number of carbonyl (C=O) groups excluding carboxylic acids is 1. The van der Waals surface area contributed by atoms with Gasteiger partial charge in [-0.3, -0.25) is 4.79 Å². The highest BCUT2D eigenvalue weighted by Crippen LogP contribution is 2.36. The number of carbonyl (C=O) groups is 1. The molecule has 1 atom stereocenters. The number of ether oxygens (including phenoxy) is 1. The Labute approximate surface area is 157 Å². The van der Waals surface area contributed by atoms with Crippen molar-refractivity contribution in [2.75, 3.05) is 27.2 Å². The van der Waals surface area contributed by atoms with E-state index in [4.69, 9.17) is 4.74 Å². The smallest absolute Gasteiger partial charge is 0.255 e. The fraction of sp³-hybridized carbons (Fsp3) is 0.350. The summed E-state index contributed by atoms with van der Waals surface area (Å²) in [5.41, 5.74) is 3.08. The van der Waals surface area contributed by atoms with Crippen molar-refractivity contribution >= 4 is 21.8 Å². The zero-order chi connectivity index (χ0) is 17.8. The third-order valence-corrected chi connectivity index (χ3v) is 5.19. The monoisotopic (exact) mass is 402 g/mol. The second kappa shape index (κ2) is 8.02. The zero-order valence-electron chi connectivity index (χ0n) is 14.6. The summed E-state index contributed by atoms with van der Waals surface area (Å²) in [7, 11) is 4.00. The molecule has 0 heterocycles. The largest absolute Gasteiger partial charge is 0.491 e. The van der Waals surface area contributed by atoms with Gasteiger partial charge in [0, 0.05) is 11.0 Å². The number of likely N-dealkylation sites (N-methyl/N-ethyl adjacent to an activating group) is 1. The molecule has 25 heavy (non-hydrogen) atoms. The van der Waals surface area contributed by atoms with Crippen LogP contribution >= 0.6 is 15.9 Å². The van der Waals surface area contributed by atoms with E-state index in [1.165, 1.54) is 11.1 Å². The molecule has 0 aliphatic heterocycles. The Kier molecular flexibility index (Phi) is 5.76. The van der Waals surface area contributed by atoms with E-state index in [-0.39, 0.29) is 11.9 Å². The van der Waals surface area contributed by atoms with Gasteiger partial charge in [0.15, 0.2) is 0 Å². The maximum Gasteiger partial charge on any atom is 0.255 e. The van der Waals surface area contributed by atoms with Gasteiger partial charge in [-0.1, -0.05) is 40.2 Å². The number of para-hydroxylation sites is 1. The number of halogens is 1. The molecule has 1 N–H and O–H groups in total. The summed E-state index contributed by atoms with van der Waals surface area (Å²) in [5, 5.41) is 3.17. The number of amides is 1. The van der Waals surface area contributed by atoms with Crippen molar-refractivity contribution in [2.24, 2.45) is 0 Å². The van der Waals surface area contributed by atoms with Crippen LogP contribution in [0.1, 0.15) is 33.9 Å². The maximum atomic E-state index is 12.8. The molecule has 1 aliphatic carbocycles. The van der Waals surface area contributed by atoms with Gasteiger partial charge in [-0.25, -0.2) is 0 Å². The standard InChI is InChI=1S/C20H23BrN2O2/c1-23(2)12-13-25-19-9-4-3-6-16(19)20(24)22-18-11-10-14-15(18)7-5-8-17(14)21/h3-9,18H,10-13H2,1-2H3,(H,22,24)/t18-/m0/s1. The highest BCUT2D eigenvalue weighted by molar-refractivity contribution is 9.10. The Morgan fingerprint density at radius 3 is 2.84 bits per heavy atom. The molecule has 1 aliphatic rings. The molecule has 0 spiro atoms. The molecule has 5 heteroatoms. The lowest BCUT2D eigenvalue weighted by atomic mass is 10.1. The van der Waals surface area contributed by atoms with Crippen molar-refractivity contribution in [3.63, 3.8) is 0 Å². The predicted octanol–water partition coefficient (Wildman–Crippen LogP) is 3.81. The molecule has 0 radical (unpaired) electrons. The molecule has 0 saturated carbocycles. The van der Waals surface area contributed by atoms with Crippen LogP contribution in [0.3, 0.4) is 0 Å². The topological polar surface area (TPSA) is 41.6 Å². The Bertz CT molecular complexity index is 761. The first kappa shape index (κ1) is 18.0. The van der Waals surface area contributed by atoms with Gasteiger partial charge in [0.05, 0.1) is 11.6 Å². The van der Waals surface area contributed by atoms with Crippen molar-refractivity contribution < 1.29 is 9.53 Å². The van der Waals surface area contributed by atoms with E-state index in [9.17, 15) is 4.79 Å². The van der Waals surface area contributed by atoms with Gasteiger partial charge in [0.25, 0.3) is 5.91 Å². The second-order valence-electron chi connectivity index (χ2n) is 6.52. The first-order chi connectivity index (χ1) is 12.1. The summed E-state index contributed by atoms with van der Waals surface area (Å²) < 4.78 is 6.93. The summed E-state index contributed by atoms with van der Waals surface area (Å²) in [6, 6.07) is 13.6. The third-order valence-electron chi connectivity index (χ3n) is 4.45. The lowest BCUT2D eigenvalue weighted by Gasteiger charge is -2.17. The summed E-state index contributed by atoms with van der Waals surface area (Å²) in [4.78, 5) is 14.9. The minimum absolute atomic E-state index is 0.0508. The molecule has 2 aromatic rings. The minimum Gasteiger partial charge on any atom is -0.491 e. The van der Waals surface area contributed by atoms with Gasteiger partial charge in [0.1, 0.15) is 12.4 Å². The summed E-state index contributed by atoms with van der Waals surface area (Å²) in [6.45, 7) is 1.36. The minimum atomic E-state index is -0.0849. The maximum absolute atomic E-state index is 12.8. The quantitative estimate of drug-likeness (QED) is 0.798. The van der Waals surface area contributed by atoms with Crippen molar-refractivity contribution in [1.29, 1.82) is 0 Å². The van der Waals surface area contributed by atoms with E-state index in [0.717, 1.165) is 23.9 Å². The fourth-order valence-corrected chi connectivity index (χ4v) is 3.69. The average molecular weight is 403 g/mol. The van der Waals surface area contributed by atoms with Crippen molar-refractivity contribution in [1.82, 2.24) is 10.2 Å². The van der Waals surface area contributed by atoms with Crippen molar-refractivity contribution in [3.05, 3.63) is 63.6 Å². The molecule has 0 aromatic heterocycles. The van der Waals surface area contributed by atoms with Crippen LogP contribution in [0.4, 0.5) is 0 Å². The predicted molar refractivity (Wildman–Crippen MR) is 103 cm³/mol. The Hall–Kier alpha value is -1.85. The number of nitrogens with zero attached hydrogens (tertiary/aromatic N) is 1. The van der Waals surface area contributed by atoms with E-state index in [1.807, 2.05) is 44.4 Å². The lowest BCUT2D eigenvalue weighted by molar-refractivity contribution is 0.0932. The van der Waals surface area contributed by atoms with Crippen LogP contribution in [-0.4, -0.2) is 38.1 Å². The Morgan fingerprint density at radius 2 is 2.04 bits per heavy atom. The Morgan fingerprint density at radius 1 is 1.24 bits per heavy atom. The van der Waals surface area contributed by atoms with Crippen LogP contribution in [0.5, 0.6) is 5.75 Å². The van der Waals surface area contributed by atoms with E-state index in [1.54, 1.807) is 0 Å². The van der Waals surface area contributed by atoms with Gasteiger partial charge < -0.3 is 15.0 Å². The number of rotatable bonds is 6. The van der Waals surface area contributed by atoms with E-state index in [2.05, 4.69) is 38.3 Å². The molecule has 132 valence electrons. The average Bonchev–Trinajstić information content (AvgIpc) is 2.99. The summed E-state index contributed by atoms with van der Waals surface area (Å²) in [5.74, 6) is 0.549. The molecule has 1 amide bonds. The summed E-state index contributed by atoms with van der Waals surface area (Å²) >= 11 is 3.60. The highest BCUT2D eigenvalue weighted by atomic mass is 79.9. The molecule has 0 unspecified atom stereocenters. The van der Waals surface area contributed by atoms with Gasteiger partial charge >= 0.3 is 0 Å². The van der Waals surface area contributed by atoms with Crippen LogP contribution < -0.4 is 10.1 Å². The highest BCUT2D eigenvalue weighted by Gasteiger charge is 2.26. The van der Waals surface area contributed by atoms with Crippen LogP contribution in [-0.2, 0) is 6.42 Å². The SMILES string of the molecule is CN(C)CCOc1ccccc1C(=O)N[C@H]1CCc2c(Br)cccc21. The number of hydrogen-bond donors (Lipinski definition) is 1. The normalized spacial score (nSPS) is 15.9. The van der Waals surface area contributed by atoms with Crippen molar-refractivity contribution in [3.8, 4) is 5.75 Å². The fourth-order valence-electron chi connectivity index (χ4n) is 3.11. The van der Waals surface area contributed by atoms with E-state index in [0.29, 0.717) is 17.9 Å². The Balaban J connectivity index is 1.72. The molecular weight excluding hydrogens is 380 g/mol. The molecular formula is C20H23BrN2O2. The number of hydrogen-bond acceptors (Lipinski definition) is 3. The van der Waals surface area contributed by atoms with Gasteiger partial charge in [-0.2, -0.15) is 0 Å². The number of nitrogens with one attached hydrogen (secondary N) is 1. The molecule has 2 aromatic carbocycles. The summed E-state index contributed by atoms with van der Waals surface area (Å²) in [6.07, 6.45) is 1.90. The van der Waals surface area contributed by atoms with Gasteiger partial charge in [-0.05, 0) is 56.3 Å². The van der Waals surface area contributed by atoms with E-state index >= 15 is 0 Å².